The van der Waals surface area contributed by atoms with Crippen molar-refractivity contribution in [2.45, 2.75) is 44.7 Å². The Hall–Kier alpha value is -3.43. The summed E-state index contributed by atoms with van der Waals surface area (Å²) in [5.41, 5.74) is 1.28. The van der Waals surface area contributed by atoms with Gasteiger partial charge in [-0.15, -0.1) is 0 Å². The summed E-state index contributed by atoms with van der Waals surface area (Å²) in [5, 5.41) is 3.25. The van der Waals surface area contributed by atoms with Crippen molar-refractivity contribution in [3.05, 3.63) is 94.8 Å². The van der Waals surface area contributed by atoms with Gasteiger partial charge in [0.1, 0.15) is 18.4 Å². The summed E-state index contributed by atoms with van der Waals surface area (Å²) in [6.07, 6.45) is 0.287. The molecule has 202 valence electrons. The van der Waals surface area contributed by atoms with Crippen molar-refractivity contribution in [2.75, 3.05) is 17.4 Å². The molecule has 0 unspecified atom stereocenters. The van der Waals surface area contributed by atoms with Gasteiger partial charge in [-0.05, 0) is 62.2 Å². The number of sulfonamides is 1. The van der Waals surface area contributed by atoms with E-state index in [1.165, 1.54) is 35.2 Å². The van der Waals surface area contributed by atoms with Gasteiger partial charge in [0.25, 0.3) is 10.0 Å². The Morgan fingerprint density at radius 1 is 0.974 bits per heavy atom. The summed E-state index contributed by atoms with van der Waals surface area (Å²) in [6.45, 7) is 5.03. The number of likely N-dealkylation sites (N-methyl/N-ethyl adjacent to an activating group) is 1. The Labute approximate surface area is 228 Å². The molecule has 0 heterocycles. The van der Waals surface area contributed by atoms with E-state index >= 15 is 0 Å². The molecule has 0 aromatic heterocycles. The Bertz CT molecular complexity index is 1370. The molecule has 3 aromatic rings. The van der Waals surface area contributed by atoms with Crippen LogP contribution in [0, 0.1) is 12.7 Å². The number of amides is 2. The van der Waals surface area contributed by atoms with E-state index in [1.54, 1.807) is 50.2 Å². The van der Waals surface area contributed by atoms with E-state index in [2.05, 4.69) is 5.32 Å². The molecule has 0 aliphatic heterocycles. The summed E-state index contributed by atoms with van der Waals surface area (Å²) in [6, 6.07) is 17.4. The minimum absolute atomic E-state index is 0.0291. The van der Waals surface area contributed by atoms with Gasteiger partial charge < -0.3 is 10.2 Å². The van der Waals surface area contributed by atoms with Crippen LogP contribution >= 0.6 is 11.6 Å². The lowest BCUT2D eigenvalue weighted by molar-refractivity contribution is -0.140. The van der Waals surface area contributed by atoms with Gasteiger partial charge in [0.15, 0.2) is 0 Å². The monoisotopic (exact) mass is 559 g/mol. The summed E-state index contributed by atoms with van der Waals surface area (Å²) in [5.74, 6) is -1.82. The standard InChI is InChI=1S/C28H31ClFN3O4S/c1-4-25(28(35)31-5-2)32(18-21-12-14-22(29)15-13-21)27(34)19-33(26-9-7-6-8-24(26)30)38(36,37)23-16-10-20(3)11-17-23/h6-17,25H,4-5,18-19H2,1-3H3,(H,31,35)/t25-/m1/s1. The lowest BCUT2D eigenvalue weighted by Crippen LogP contribution is -2.52. The zero-order chi connectivity index (χ0) is 27.9. The van der Waals surface area contributed by atoms with Gasteiger partial charge in [-0.3, -0.25) is 13.9 Å². The van der Waals surface area contributed by atoms with Crippen LogP contribution in [-0.2, 0) is 26.2 Å². The predicted molar refractivity (Wildman–Crippen MR) is 147 cm³/mol. The van der Waals surface area contributed by atoms with Gasteiger partial charge in [-0.25, -0.2) is 12.8 Å². The van der Waals surface area contributed by atoms with E-state index < -0.39 is 34.3 Å². The SMILES string of the molecule is CCNC(=O)[C@@H](CC)N(Cc1ccc(Cl)cc1)C(=O)CN(c1ccccc1F)S(=O)(=O)c1ccc(C)cc1. The molecule has 0 aliphatic carbocycles. The van der Waals surface area contributed by atoms with Crippen molar-refractivity contribution in [3.8, 4) is 0 Å². The number of hydrogen-bond acceptors (Lipinski definition) is 4. The van der Waals surface area contributed by atoms with Crippen molar-refractivity contribution in [3.63, 3.8) is 0 Å². The zero-order valence-corrected chi connectivity index (χ0v) is 23.1. The molecule has 0 saturated carbocycles. The molecule has 7 nitrogen and oxygen atoms in total. The number of hydrogen-bond donors (Lipinski definition) is 1. The molecule has 0 aliphatic rings. The first kappa shape index (κ1) is 29.1. The van der Waals surface area contributed by atoms with Crippen molar-refractivity contribution < 1.29 is 22.4 Å². The molecule has 0 saturated heterocycles. The quantitative estimate of drug-likeness (QED) is 0.361. The molecule has 0 radical (unpaired) electrons. The third kappa shape index (κ3) is 6.90. The summed E-state index contributed by atoms with van der Waals surface area (Å²) in [7, 11) is -4.34. The van der Waals surface area contributed by atoms with E-state index in [0.717, 1.165) is 15.9 Å². The number of para-hydroxylation sites is 1. The average Bonchev–Trinajstić information content (AvgIpc) is 2.89. The van der Waals surface area contributed by atoms with Gasteiger partial charge in [0.05, 0.1) is 10.6 Å². The van der Waals surface area contributed by atoms with Crippen molar-refractivity contribution in [1.29, 1.82) is 0 Å². The van der Waals surface area contributed by atoms with Crippen LogP contribution in [0.15, 0.2) is 77.7 Å². The highest BCUT2D eigenvalue weighted by Crippen LogP contribution is 2.27. The molecular weight excluding hydrogens is 529 g/mol. The number of benzene rings is 3. The summed E-state index contributed by atoms with van der Waals surface area (Å²) < 4.78 is 43.1. The molecule has 1 atom stereocenters. The van der Waals surface area contributed by atoms with Crippen LogP contribution in [0.1, 0.15) is 31.4 Å². The third-order valence-electron chi connectivity index (χ3n) is 6.01. The van der Waals surface area contributed by atoms with Crippen LogP contribution in [0.4, 0.5) is 10.1 Å². The van der Waals surface area contributed by atoms with Crippen LogP contribution in [-0.4, -0.2) is 44.3 Å². The fourth-order valence-electron chi connectivity index (χ4n) is 4.00. The maximum Gasteiger partial charge on any atom is 0.264 e. The first-order valence-corrected chi connectivity index (χ1v) is 14.1. The lowest BCUT2D eigenvalue weighted by atomic mass is 10.1. The fraction of sp³-hybridized carbons (Fsp3) is 0.286. The molecule has 0 fully saturated rings. The minimum Gasteiger partial charge on any atom is -0.355 e. The molecular formula is C28H31ClFN3O4S. The highest BCUT2D eigenvalue weighted by molar-refractivity contribution is 7.92. The second-order valence-corrected chi connectivity index (χ2v) is 11.0. The van der Waals surface area contributed by atoms with Crippen molar-refractivity contribution in [2.24, 2.45) is 0 Å². The molecule has 1 N–H and O–H groups in total. The second-order valence-electron chi connectivity index (χ2n) is 8.74. The summed E-state index contributed by atoms with van der Waals surface area (Å²) in [4.78, 5) is 28.0. The van der Waals surface area contributed by atoms with Gasteiger partial charge in [0, 0.05) is 18.1 Å². The van der Waals surface area contributed by atoms with E-state index in [9.17, 15) is 22.4 Å². The predicted octanol–water partition coefficient (Wildman–Crippen LogP) is 4.93. The smallest absolute Gasteiger partial charge is 0.264 e. The Balaban J connectivity index is 2.06. The first-order valence-electron chi connectivity index (χ1n) is 12.2. The Morgan fingerprint density at radius 3 is 2.18 bits per heavy atom. The normalized spacial score (nSPS) is 12.0. The average molecular weight is 560 g/mol. The van der Waals surface area contributed by atoms with Crippen LogP contribution < -0.4 is 9.62 Å². The van der Waals surface area contributed by atoms with Crippen LogP contribution in [0.2, 0.25) is 5.02 Å². The van der Waals surface area contributed by atoms with Crippen molar-refractivity contribution >= 4 is 39.1 Å². The molecule has 3 aromatic carbocycles. The van der Waals surface area contributed by atoms with E-state index in [1.807, 2.05) is 6.92 Å². The number of carbonyl (C=O) groups is 2. The van der Waals surface area contributed by atoms with Crippen LogP contribution in [0.5, 0.6) is 0 Å². The Kier molecular flexibility index (Phi) is 9.88. The fourth-order valence-corrected chi connectivity index (χ4v) is 5.55. The van der Waals surface area contributed by atoms with Gasteiger partial charge in [-0.2, -0.15) is 0 Å². The zero-order valence-electron chi connectivity index (χ0n) is 21.5. The lowest BCUT2D eigenvalue weighted by Gasteiger charge is -2.33. The number of carbonyl (C=O) groups excluding carboxylic acids is 2. The van der Waals surface area contributed by atoms with Crippen molar-refractivity contribution in [1.82, 2.24) is 10.2 Å². The number of nitrogens with one attached hydrogen (secondary N) is 1. The number of anilines is 1. The highest BCUT2D eigenvalue weighted by Gasteiger charge is 2.34. The molecule has 3 rings (SSSR count). The number of nitrogens with zero attached hydrogens (tertiary/aromatic N) is 2. The molecule has 10 heteroatoms. The number of rotatable bonds is 11. The molecule has 2 amide bonds. The maximum absolute atomic E-state index is 14.9. The van der Waals surface area contributed by atoms with E-state index in [4.69, 9.17) is 11.6 Å². The highest BCUT2D eigenvalue weighted by atomic mass is 35.5. The first-order chi connectivity index (χ1) is 18.1. The molecule has 38 heavy (non-hydrogen) atoms. The van der Waals surface area contributed by atoms with E-state index in [0.29, 0.717) is 17.1 Å². The Morgan fingerprint density at radius 2 is 1.61 bits per heavy atom. The van der Waals surface area contributed by atoms with E-state index in [-0.39, 0.29) is 29.5 Å². The molecule has 0 bridgehead atoms. The summed E-state index contributed by atoms with van der Waals surface area (Å²) >= 11 is 6.01. The maximum atomic E-state index is 14.9. The third-order valence-corrected chi connectivity index (χ3v) is 8.04. The van der Waals surface area contributed by atoms with Crippen LogP contribution in [0.25, 0.3) is 0 Å². The topological polar surface area (TPSA) is 86.8 Å². The van der Waals surface area contributed by atoms with Gasteiger partial charge in [-0.1, -0.05) is 60.5 Å². The van der Waals surface area contributed by atoms with Gasteiger partial charge in [0.2, 0.25) is 11.8 Å². The number of aryl methyl sites for hydroxylation is 1. The van der Waals surface area contributed by atoms with Gasteiger partial charge >= 0.3 is 0 Å². The van der Waals surface area contributed by atoms with Crippen LogP contribution in [0.3, 0.4) is 0 Å². The second kappa shape index (κ2) is 12.9. The largest absolute Gasteiger partial charge is 0.355 e. The molecule has 0 spiro atoms. The minimum atomic E-state index is -4.34. The number of halogens is 2.